The minimum absolute atomic E-state index is 0.131. The molecule has 158 valence electrons. The van der Waals surface area contributed by atoms with Gasteiger partial charge < -0.3 is 9.32 Å². The summed E-state index contributed by atoms with van der Waals surface area (Å²) in [5.74, 6) is 1.12. The third-order valence-electron chi connectivity index (χ3n) is 4.36. The highest BCUT2D eigenvalue weighted by Crippen LogP contribution is 2.28. The number of rotatable bonds is 10. The monoisotopic (exact) mass is 498 g/mol. The minimum atomic E-state index is -0.146. The van der Waals surface area contributed by atoms with Crippen LogP contribution < -0.4 is 0 Å². The third-order valence-corrected chi connectivity index (χ3v) is 5.74. The molecule has 0 N–H and O–H groups in total. The van der Waals surface area contributed by atoms with E-state index >= 15 is 0 Å². The first-order valence-electron chi connectivity index (χ1n) is 9.49. The number of carbonyl (C=O) groups excluding carboxylic acids is 1. The average Bonchev–Trinajstić information content (AvgIpc) is 3.38. The van der Waals surface area contributed by atoms with E-state index in [-0.39, 0.29) is 24.5 Å². The maximum Gasteiger partial charge on any atom is 0.233 e. The van der Waals surface area contributed by atoms with Crippen molar-refractivity contribution in [3.63, 3.8) is 0 Å². The highest BCUT2D eigenvalue weighted by Gasteiger charge is 2.20. The second-order valence-electron chi connectivity index (χ2n) is 6.47. The summed E-state index contributed by atoms with van der Waals surface area (Å²) in [7, 11) is 0. The first-order valence-corrected chi connectivity index (χ1v) is 11.3. The van der Waals surface area contributed by atoms with Crippen molar-refractivity contribution in [3.8, 4) is 23.7 Å². The lowest BCUT2D eigenvalue weighted by Crippen LogP contribution is -2.34. The highest BCUT2D eigenvalue weighted by atomic mass is 79.9. The number of hydrogen-bond donors (Lipinski definition) is 0. The molecule has 1 aromatic carbocycles. The number of carbonyl (C=O) groups is 1. The van der Waals surface area contributed by atoms with E-state index in [1.165, 1.54) is 11.8 Å². The van der Waals surface area contributed by atoms with Crippen molar-refractivity contribution in [2.24, 2.45) is 0 Å². The van der Waals surface area contributed by atoms with Crippen molar-refractivity contribution >= 4 is 33.6 Å². The molecule has 0 fully saturated rings. The number of amides is 1. The van der Waals surface area contributed by atoms with Crippen LogP contribution in [-0.4, -0.2) is 44.4 Å². The predicted octanol–water partition coefficient (Wildman–Crippen LogP) is 4.10. The zero-order valence-corrected chi connectivity index (χ0v) is 19.0. The molecule has 0 atom stereocenters. The van der Waals surface area contributed by atoms with Gasteiger partial charge in [0, 0.05) is 13.1 Å². The molecule has 0 spiro atoms. The molecule has 0 saturated carbocycles. The van der Waals surface area contributed by atoms with Gasteiger partial charge in [0.05, 0.1) is 37.3 Å². The molecule has 0 aliphatic carbocycles. The molecule has 0 bridgehead atoms. The van der Waals surface area contributed by atoms with Gasteiger partial charge in [-0.3, -0.25) is 9.36 Å². The summed E-state index contributed by atoms with van der Waals surface area (Å²) in [5, 5.41) is 26.8. The van der Waals surface area contributed by atoms with Crippen LogP contribution in [0.3, 0.4) is 0 Å². The van der Waals surface area contributed by atoms with E-state index in [2.05, 4.69) is 26.1 Å². The molecule has 2 heterocycles. The topological polar surface area (TPSA) is 112 Å². The zero-order valence-electron chi connectivity index (χ0n) is 16.6. The Balaban J connectivity index is 1.80. The molecular formula is C21H19BrN6O2S. The fourth-order valence-electron chi connectivity index (χ4n) is 2.87. The van der Waals surface area contributed by atoms with E-state index in [1.807, 2.05) is 47.0 Å². The fourth-order valence-corrected chi connectivity index (χ4v) is 4.02. The van der Waals surface area contributed by atoms with Crippen LogP contribution in [0.2, 0.25) is 0 Å². The Morgan fingerprint density at radius 1 is 1.10 bits per heavy atom. The third kappa shape index (κ3) is 6.20. The molecule has 31 heavy (non-hydrogen) atoms. The largest absolute Gasteiger partial charge is 0.446 e. The minimum Gasteiger partial charge on any atom is -0.446 e. The van der Waals surface area contributed by atoms with Crippen molar-refractivity contribution in [1.82, 2.24) is 19.7 Å². The van der Waals surface area contributed by atoms with E-state index in [1.54, 1.807) is 17.0 Å². The molecule has 3 aromatic rings. The summed E-state index contributed by atoms with van der Waals surface area (Å²) in [4.78, 5) is 14.2. The molecule has 10 heteroatoms. The quantitative estimate of drug-likeness (QED) is 0.386. The van der Waals surface area contributed by atoms with Gasteiger partial charge in [0.15, 0.2) is 15.6 Å². The van der Waals surface area contributed by atoms with Crippen molar-refractivity contribution in [3.05, 3.63) is 52.7 Å². The Bertz CT molecular complexity index is 1080. The van der Waals surface area contributed by atoms with Crippen LogP contribution in [0, 0.1) is 22.7 Å². The summed E-state index contributed by atoms with van der Waals surface area (Å²) >= 11 is 4.58. The fraction of sp³-hybridized carbons (Fsp3) is 0.286. The summed E-state index contributed by atoms with van der Waals surface area (Å²) in [6.07, 6.45) is 0.451. The first-order chi connectivity index (χ1) is 15.1. The highest BCUT2D eigenvalue weighted by molar-refractivity contribution is 9.10. The van der Waals surface area contributed by atoms with Gasteiger partial charge in [0.2, 0.25) is 11.7 Å². The standard InChI is InChI=1S/C21H19BrN6O2S/c22-18-9-8-17(30-18)20-25-26-21(28(20)14-16-6-2-1-3-7-16)31-15-19(29)27(12-4-10-23)13-5-11-24/h1-3,6-9H,4-5,12-15H2. The van der Waals surface area contributed by atoms with Gasteiger partial charge >= 0.3 is 0 Å². The molecule has 8 nitrogen and oxygen atoms in total. The van der Waals surface area contributed by atoms with Gasteiger partial charge in [-0.2, -0.15) is 10.5 Å². The molecule has 0 saturated heterocycles. The smallest absolute Gasteiger partial charge is 0.233 e. The first kappa shape index (κ1) is 22.6. The number of hydrogen-bond acceptors (Lipinski definition) is 7. The van der Waals surface area contributed by atoms with E-state index in [4.69, 9.17) is 14.9 Å². The Labute approximate surface area is 192 Å². The number of furan rings is 1. The summed E-state index contributed by atoms with van der Waals surface area (Å²) < 4.78 is 8.16. The molecule has 0 radical (unpaired) electrons. The van der Waals surface area contributed by atoms with Crippen LogP contribution in [0.1, 0.15) is 18.4 Å². The second kappa shape index (κ2) is 11.3. The molecule has 0 aliphatic rings. The molecule has 2 aromatic heterocycles. The normalized spacial score (nSPS) is 10.4. The molecule has 3 rings (SSSR count). The van der Waals surface area contributed by atoms with Crippen molar-refractivity contribution in [2.75, 3.05) is 18.8 Å². The molecular weight excluding hydrogens is 480 g/mol. The predicted molar refractivity (Wildman–Crippen MR) is 119 cm³/mol. The van der Waals surface area contributed by atoms with Crippen molar-refractivity contribution in [1.29, 1.82) is 10.5 Å². The number of nitriles is 2. The van der Waals surface area contributed by atoms with Gasteiger partial charge in [-0.15, -0.1) is 10.2 Å². The number of benzene rings is 1. The van der Waals surface area contributed by atoms with E-state index in [0.717, 1.165) is 5.56 Å². The van der Waals surface area contributed by atoms with Gasteiger partial charge in [0.25, 0.3) is 0 Å². The average molecular weight is 499 g/mol. The van der Waals surface area contributed by atoms with E-state index in [0.29, 0.717) is 41.0 Å². The van der Waals surface area contributed by atoms with Crippen molar-refractivity contribution < 1.29 is 9.21 Å². The summed E-state index contributed by atoms with van der Waals surface area (Å²) in [6, 6.07) is 17.6. The summed E-state index contributed by atoms with van der Waals surface area (Å²) in [6.45, 7) is 1.13. The lowest BCUT2D eigenvalue weighted by atomic mass is 10.2. The van der Waals surface area contributed by atoms with Gasteiger partial charge in [0.1, 0.15) is 0 Å². The van der Waals surface area contributed by atoms with E-state index in [9.17, 15) is 4.79 Å². The second-order valence-corrected chi connectivity index (χ2v) is 8.19. The molecule has 0 aliphatic heterocycles. The zero-order chi connectivity index (χ0) is 22.1. The lowest BCUT2D eigenvalue weighted by molar-refractivity contribution is -0.128. The number of halogens is 1. The number of aromatic nitrogens is 3. The van der Waals surface area contributed by atoms with Crippen LogP contribution in [0.15, 0.2) is 56.7 Å². The number of nitrogens with zero attached hydrogens (tertiary/aromatic N) is 6. The van der Waals surface area contributed by atoms with Crippen LogP contribution in [0.25, 0.3) is 11.6 Å². The van der Waals surface area contributed by atoms with Gasteiger partial charge in [-0.25, -0.2) is 0 Å². The Morgan fingerprint density at radius 3 is 2.42 bits per heavy atom. The Hall–Kier alpha value is -3.08. The lowest BCUT2D eigenvalue weighted by Gasteiger charge is -2.20. The molecule has 1 amide bonds. The molecule has 0 unspecified atom stereocenters. The van der Waals surface area contributed by atoms with Crippen LogP contribution in [-0.2, 0) is 11.3 Å². The van der Waals surface area contributed by atoms with E-state index < -0.39 is 0 Å². The summed E-state index contributed by atoms with van der Waals surface area (Å²) in [5.41, 5.74) is 1.06. The Kier molecular flexibility index (Phi) is 8.27. The van der Waals surface area contributed by atoms with Crippen LogP contribution >= 0.6 is 27.7 Å². The van der Waals surface area contributed by atoms with Gasteiger partial charge in [-0.05, 0) is 33.6 Å². The van der Waals surface area contributed by atoms with Crippen molar-refractivity contribution in [2.45, 2.75) is 24.5 Å². The number of thioether (sulfide) groups is 1. The SMILES string of the molecule is N#CCCN(CCC#N)C(=O)CSc1nnc(-c2ccc(Br)o2)n1Cc1ccccc1. The van der Waals surface area contributed by atoms with Crippen LogP contribution in [0.5, 0.6) is 0 Å². The maximum atomic E-state index is 12.7. The van der Waals surface area contributed by atoms with Gasteiger partial charge in [-0.1, -0.05) is 42.1 Å². The van der Waals surface area contributed by atoms with Crippen LogP contribution in [0.4, 0.5) is 0 Å². The maximum absolute atomic E-state index is 12.7. The Morgan fingerprint density at radius 2 is 1.81 bits per heavy atom.